The van der Waals surface area contributed by atoms with Gasteiger partial charge in [-0.15, -0.1) is 0 Å². The number of rotatable bonds is 5. The van der Waals surface area contributed by atoms with Gasteiger partial charge in [-0.1, -0.05) is 12.8 Å². The molecule has 0 saturated heterocycles. The average molecular weight is 199 g/mol. The van der Waals surface area contributed by atoms with E-state index in [1.54, 1.807) is 0 Å². The zero-order valence-electron chi connectivity index (χ0n) is 8.96. The Balaban J connectivity index is 2.18. The van der Waals surface area contributed by atoms with Crippen molar-refractivity contribution in [3.05, 3.63) is 0 Å². The molecule has 0 radical (unpaired) electrons. The largest absolute Gasteiger partial charge is 0.396 e. The third-order valence-corrected chi connectivity index (χ3v) is 2.91. The van der Waals surface area contributed by atoms with Crippen molar-refractivity contribution in [2.24, 2.45) is 5.92 Å². The van der Waals surface area contributed by atoms with E-state index in [4.69, 9.17) is 5.11 Å². The molecule has 1 saturated carbocycles. The van der Waals surface area contributed by atoms with E-state index >= 15 is 0 Å². The van der Waals surface area contributed by atoms with Gasteiger partial charge in [0.15, 0.2) is 0 Å². The molecule has 1 aliphatic rings. The van der Waals surface area contributed by atoms with Crippen LogP contribution in [0.25, 0.3) is 0 Å². The molecule has 1 rings (SSSR count). The zero-order valence-corrected chi connectivity index (χ0v) is 8.96. The summed E-state index contributed by atoms with van der Waals surface area (Å²) in [5.41, 5.74) is 0. The van der Waals surface area contributed by atoms with Gasteiger partial charge in [0, 0.05) is 18.6 Å². The Morgan fingerprint density at radius 1 is 1.50 bits per heavy atom. The van der Waals surface area contributed by atoms with Crippen molar-refractivity contribution in [3.63, 3.8) is 0 Å². The zero-order chi connectivity index (χ0) is 10.4. The van der Waals surface area contributed by atoms with Gasteiger partial charge in [-0.2, -0.15) is 0 Å². The molecule has 0 aliphatic heterocycles. The molecule has 1 unspecified atom stereocenters. The Bertz CT molecular complexity index is 176. The Morgan fingerprint density at radius 2 is 2.14 bits per heavy atom. The van der Waals surface area contributed by atoms with Crippen LogP contribution in [0.15, 0.2) is 0 Å². The van der Waals surface area contributed by atoms with Crippen LogP contribution in [-0.2, 0) is 4.79 Å². The highest BCUT2D eigenvalue weighted by Crippen LogP contribution is 2.24. The molecule has 3 nitrogen and oxygen atoms in total. The summed E-state index contributed by atoms with van der Waals surface area (Å²) in [5.74, 6) is 0.472. The molecular weight excluding hydrogens is 178 g/mol. The first-order valence-corrected chi connectivity index (χ1v) is 5.65. The van der Waals surface area contributed by atoms with Crippen LogP contribution in [-0.4, -0.2) is 23.7 Å². The summed E-state index contributed by atoms with van der Waals surface area (Å²) in [6.07, 6.45) is 6.14. The first-order chi connectivity index (χ1) is 6.74. The second-order valence-electron chi connectivity index (χ2n) is 4.26. The van der Waals surface area contributed by atoms with Crippen molar-refractivity contribution in [2.75, 3.05) is 6.61 Å². The standard InChI is InChI=1S/C11H21NO2/c1-9(5-4-8-13)12-11(14)10-6-2-3-7-10/h9-10,13H,2-8H2,1H3,(H,12,14). The van der Waals surface area contributed by atoms with Gasteiger partial charge in [-0.05, 0) is 32.6 Å². The SMILES string of the molecule is CC(CCCO)NC(=O)C1CCCC1. The van der Waals surface area contributed by atoms with Crippen molar-refractivity contribution >= 4 is 5.91 Å². The van der Waals surface area contributed by atoms with Crippen LogP contribution < -0.4 is 5.32 Å². The minimum Gasteiger partial charge on any atom is -0.396 e. The lowest BCUT2D eigenvalue weighted by atomic mass is 10.1. The number of aliphatic hydroxyl groups is 1. The van der Waals surface area contributed by atoms with E-state index in [9.17, 15) is 4.79 Å². The van der Waals surface area contributed by atoms with Crippen LogP contribution in [0.1, 0.15) is 45.4 Å². The molecule has 14 heavy (non-hydrogen) atoms. The van der Waals surface area contributed by atoms with Gasteiger partial charge in [0.05, 0.1) is 0 Å². The fourth-order valence-electron chi connectivity index (χ4n) is 2.02. The molecule has 82 valence electrons. The van der Waals surface area contributed by atoms with E-state index < -0.39 is 0 Å². The first kappa shape index (κ1) is 11.5. The van der Waals surface area contributed by atoms with Crippen LogP contribution in [0.4, 0.5) is 0 Å². The van der Waals surface area contributed by atoms with Gasteiger partial charge in [0.1, 0.15) is 0 Å². The van der Waals surface area contributed by atoms with Crippen molar-refractivity contribution in [2.45, 2.75) is 51.5 Å². The van der Waals surface area contributed by atoms with Crippen LogP contribution in [0, 0.1) is 5.92 Å². The molecule has 1 aliphatic carbocycles. The number of nitrogens with one attached hydrogen (secondary N) is 1. The van der Waals surface area contributed by atoms with E-state index in [0.29, 0.717) is 0 Å². The van der Waals surface area contributed by atoms with Crippen LogP contribution in [0.3, 0.4) is 0 Å². The monoisotopic (exact) mass is 199 g/mol. The average Bonchev–Trinajstić information content (AvgIpc) is 2.67. The molecule has 0 aromatic rings. The highest BCUT2D eigenvalue weighted by molar-refractivity contribution is 5.79. The van der Waals surface area contributed by atoms with E-state index in [1.165, 1.54) is 12.8 Å². The summed E-state index contributed by atoms with van der Waals surface area (Å²) in [4.78, 5) is 11.6. The normalized spacial score (nSPS) is 19.6. The predicted octanol–water partition coefficient (Wildman–Crippen LogP) is 1.45. The third-order valence-electron chi connectivity index (χ3n) is 2.91. The fourth-order valence-corrected chi connectivity index (χ4v) is 2.02. The van der Waals surface area contributed by atoms with Crippen LogP contribution in [0.5, 0.6) is 0 Å². The lowest BCUT2D eigenvalue weighted by molar-refractivity contribution is -0.125. The minimum atomic E-state index is 0.204. The summed E-state index contributed by atoms with van der Waals surface area (Å²) < 4.78 is 0. The van der Waals surface area contributed by atoms with Crippen molar-refractivity contribution in [1.29, 1.82) is 0 Å². The van der Waals surface area contributed by atoms with E-state index in [1.807, 2.05) is 6.92 Å². The summed E-state index contributed by atoms with van der Waals surface area (Å²) in [6.45, 7) is 2.21. The maximum Gasteiger partial charge on any atom is 0.223 e. The molecule has 2 N–H and O–H groups in total. The highest BCUT2D eigenvalue weighted by atomic mass is 16.2. The van der Waals surface area contributed by atoms with Gasteiger partial charge in [0.2, 0.25) is 5.91 Å². The highest BCUT2D eigenvalue weighted by Gasteiger charge is 2.23. The molecule has 1 fully saturated rings. The second-order valence-corrected chi connectivity index (χ2v) is 4.26. The molecule has 0 spiro atoms. The lowest BCUT2D eigenvalue weighted by Gasteiger charge is -2.16. The number of carbonyl (C=O) groups excluding carboxylic acids is 1. The summed E-state index contributed by atoms with van der Waals surface area (Å²) >= 11 is 0. The second kappa shape index (κ2) is 6.02. The van der Waals surface area contributed by atoms with Crippen molar-refractivity contribution in [3.8, 4) is 0 Å². The molecule has 3 heteroatoms. The van der Waals surface area contributed by atoms with Crippen molar-refractivity contribution < 1.29 is 9.90 Å². The lowest BCUT2D eigenvalue weighted by Crippen LogP contribution is -2.36. The number of hydrogen-bond donors (Lipinski definition) is 2. The summed E-state index contributed by atoms with van der Waals surface area (Å²) in [5, 5.41) is 11.7. The first-order valence-electron chi connectivity index (χ1n) is 5.65. The summed E-state index contributed by atoms with van der Waals surface area (Å²) in [7, 11) is 0. The third kappa shape index (κ3) is 3.66. The predicted molar refractivity (Wildman–Crippen MR) is 55.9 cm³/mol. The Hall–Kier alpha value is -0.570. The number of carbonyl (C=O) groups is 1. The van der Waals surface area contributed by atoms with E-state index in [-0.39, 0.29) is 24.5 Å². The van der Waals surface area contributed by atoms with Gasteiger partial charge >= 0.3 is 0 Å². The molecular formula is C11H21NO2. The van der Waals surface area contributed by atoms with Gasteiger partial charge in [-0.3, -0.25) is 4.79 Å². The molecule has 1 amide bonds. The van der Waals surface area contributed by atoms with Crippen LogP contribution in [0.2, 0.25) is 0 Å². The topological polar surface area (TPSA) is 49.3 Å². The van der Waals surface area contributed by atoms with Gasteiger partial charge < -0.3 is 10.4 Å². The van der Waals surface area contributed by atoms with E-state index in [2.05, 4.69) is 5.32 Å². The van der Waals surface area contributed by atoms with Crippen LogP contribution >= 0.6 is 0 Å². The maximum atomic E-state index is 11.6. The quantitative estimate of drug-likeness (QED) is 0.704. The molecule has 0 heterocycles. The molecule has 0 aromatic heterocycles. The molecule has 1 atom stereocenters. The summed E-state index contributed by atoms with van der Waals surface area (Å²) in [6, 6.07) is 0.204. The number of aliphatic hydroxyl groups excluding tert-OH is 1. The maximum absolute atomic E-state index is 11.6. The molecule has 0 bridgehead atoms. The van der Waals surface area contributed by atoms with Crippen molar-refractivity contribution in [1.82, 2.24) is 5.32 Å². The Morgan fingerprint density at radius 3 is 2.71 bits per heavy atom. The van der Waals surface area contributed by atoms with Gasteiger partial charge in [0.25, 0.3) is 0 Å². The fraction of sp³-hybridized carbons (Fsp3) is 0.909. The Kier molecular flexibility index (Phi) is 4.94. The number of hydrogen-bond acceptors (Lipinski definition) is 2. The smallest absolute Gasteiger partial charge is 0.223 e. The minimum absolute atomic E-state index is 0.204. The number of amides is 1. The van der Waals surface area contributed by atoms with E-state index in [0.717, 1.165) is 25.7 Å². The van der Waals surface area contributed by atoms with Gasteiger partial charge in [-0.25, -0.2) is 0 Å². The Labute approximate surface area is 85.9 Å². The molecule has 0 aromatic carbocycles.